The molecule has 5 nitrogen and oxygen atoms in total. The molecular weight excluding hydrogens is 287 g/mol. The van der Waals surface area contributed by atoms with Gasteiger partial charge in [-0.15, -0.1) is 0 Å². The molecule has 0 spiro atoms. The second kappa shape index (κ2) is 5.39. The predicted molar refractivity (Wildman–Crippen MR) is 67.7 cm³/mol. The molecule has 0 aliphatic heterocycles. The third kappa shape index (κ3) is 3.47. The standard InChI is InChI=1S/C13H10F3N3O2/c14-13(15,16)8-3-1-2-7(4-8)5-10-18-6-9(12(20)21)11(17)19-10/h1-4,6H,5H2,(H,20,21)(H2,17,18,19). The van der Waals surface area contributed by atoms with Gasteiger partial charge in [0.2, 0.25) is 0 Å². The van der Waals surface area contributed by atoms with Crippen LogP contribution in [-0.2, 0) is 12.6 Å². The van der Waals surface area contributed by atoms with Gasteiger partial charge in [-0.25, -0.2) is 14.8 Å². The summed E-state index contributed by atoms with van der Waals surface area (Å²) in [6, 6.07) is 4.74. The number of carboxylic acids is 1. The van der Waals surface area contributed by atoms with Crippen LogP contribution in [0.1, 0.15) is 27.3 Å². The largest absolute Gasteiger partial charge is 0.477 e. The maximum atomic E-state index is 12.6. The molecule has 0 aliphatic rings. The molecule has 110 valence electrons. The lowest BCUT2D eigenvalue weighted by molar-refractivity contribution is -0.137. The fraction of sp³-hybridized carbons (Fsp3) is 0.154. The maximum Gasteiger partial charge on any atom is 0.416 e. The number of halogens is 3. The minimum absolute atomic E-state index is 0.0218. The number of aromatic carboxylic acids is 1. The molecule has 0 amide bonds. The van der Waals surface area contributed by atoms with Crippen LogP contribution in [0.4, 0.5) is 19.0 Å². The first kappa shape index (κ1) is 14.8. The van der Waals surface area contributed by atoms with Crippen LogP contribution in [-0.4, -0.2) is 21.0 Å². The van der Waals surface area contributed by atoms with Crippen LogP contribution in [0.15, 0.2) is 30.5 Å². The molecule has 8 heteroatoms. The number of nitrogen functional groups attached to an aromatic ring is 1. The molecule has 0 bridgehead atoms. The highest BCUT2D eigenvalue weighted by Crippen LogP contribution is 2.29. The fourth-order valence-corrected chi connectivity index (χ4v) is 1.72. The lowest BCUT2D eigenvalue weighted by atomic mass is 10.1. The van der Waals surface area contributed by atoms with E-state index >= 15 is 0 Å². The van der Waals surface area contributed by atoms with Crippen LogP contribution in [0, 0.1) is 0 Å². The van der Waals surface area contributed by atoms with E-state index in [-0.39, 0.29) is 23.6 Å². The van der Waals surface area contributed by atoms with Crippen LogP contribution >= 0.6 is 0 Å². The average Bonchev–Trinajstić information content (AvgIpc) is 2.37. The van der Waals surface area contributed by atoms with Crippen LogP contribution < -0.4 is 5.73 Å². The summed E-state index contributed by atoms with van der Waals surface area (Å²) in [6.45, 7) is 0. The number of carbonyl (C=O) groups is 1. The monoisotopic (exact) mass is 297 g/mol. The molecule has 1 heterocycles. The Morgan fingerprint density at radius 3 is 2.62 bits per heavy atom. The summed E-state index contributed by atoms with van der Waals surface area (Å²) in [5, 5.41) is 8.79. The average molecular weight is 297 g/mol. The van der Waals surface area contributed by atoms with Crippen molar-refractivity contribution in [2.75, 3.05) is 5.73 Å². The van der Waals surface area contributed by atoms with Crippen molar-refractivity contribution in [1.82, 2.24) is 9.97 Å². The highest BCUT2D eigenvalue weighted by Gasteiger charge is 2.30. The summed E-state index contributed by atoms with van der Waals surface area (Å²) in [5.74, 6) is -1.34. The molecule has 0 atom stereocenters. The number of carboxylic acid groups (broad SMARTS) is 1. The Morgan fingerprint density at radius 2 is 2.05 bits per heavy atom. The highest BCUT2D eigenvalue weighted by atomic mass is 19.4. The van der Waals surface area contributed by atoms with E-state index in [9.17, 15) is 18.0 Å². The molecule has 2 rings (SSSR count). The Labute approximate surface area is 117 Å². The van der Waals surface area contributed by atoms with Gasteiger partial charge in [0, 0.05) is 12.6 Å². The van der Waals surface area contributed by atoms with Crippen molar-refractivity contribution in [2.45, 2.75) is 12.6 Å². The molecular formula is C13H10F3N3O2. The predicted octanol–water partition coefficient (Wildman–Crippen LogP) is 2.37. The highest BCUT2D eigenvalue weighted by molar-refractivity contribution is 5.92. The maximum absolute atomic E-state index is 12.6. The van der Waals surface area contributed by atoms with Crippen molar-refractivity contribution in [3.05, 3.63) is 53.0 Å². The third-order valence-corrected chi connectivity index (χ3v) is 2.72. The van der Waals surface area contributed by atoms with Crippen molar-refractivity contribution in [3.63, 3.8) is 0 Å². The van der Waals surface area contributed by atoms with Gasteiger partial charge in [-0.3, -0.25) is 0 Å². The van der Waals surface area contributed by atoms with E-state index in [0.717, 1.165) is 18.3 Å². The molecule has 3 N–H and O–H groups in total. The minimum Gasteiger partial charge on any atom is -0.477 e. The van der Waals surface area contributed by atoms with E-state index < -0.39 is 17.7 Å². The number of hydrogen-bond acceptors (Lipinski definition) is 4. The second-order valence-electron chi connectivity index (χ2n) is 4.27. The number of anilines is 1. The third-order valence-electron chi connectivity index (χ3n) is 2.72. The van der Waals surface area contributed by atoms with Crippen LogP contribution in [0.3, 0.4) is 0 Å². The number of rotatable bonds is 3. The Kier molecular flexibility index (Phi) is 3.79. The summed E-state index contributed by atoms with van der Waals surface area (Å²) in [7, 11) is 0. The molecule has 0 aliphatic carbocycles. The van der Waals surface area contributed by atoms with Gasteiger partial charge in [-0.1, -0.05) is 18.2 Å². The number of benzene rings is 1. The van der Waals surface area contributed by atoms with Crippen molar-refractivity contribution < 1.29 is 23.1 Å². The molecule has 21 heavy (non-hydrogen) atoms. The van der Waals surface area contributed by atoms with Crippen molar-refractivity contribution in [3.8, 4) is 0 Å². The lowest BCUT2D eigenvalue weighted by Crippen LogP contribution is -2.09. The smallest absolute Gasteiger partial charge is 0.416 e. The molecule has 0 saturated heterocycles. The number of aromatic nitrogens is 2. The van der Waals surface area contributed by atoms with E-state index in [2.05, 4.69) is 9.97 Å². The molecule has 1 aromatic heterocycles. The van der Waals surface area contributed by atoms with Gasteiger partial charge in [0.15, 0.2) is 0 Å². The summed E-state index contributed by atoms with van der Waals surface area (Å²) < 4.78 is 37.8. The first-order chi connectivity index (χ1) is 9.77. The zero-order valence-corrected chi connectivity index (χ0v) is 10.6. The van der Waals surface area contributed by atoms with E-state index in [1.54, 1.807) is 0 Å². The number of hydrogen-bond donors (Lipinski definition) is 2. The second-order valence-corrected chi connectivity index (χ2v) is 4.27. The van der Waals surface area contributed by atoms with Gasteiger partial charge in [0.05, 0.1) is 5.56 Å². The number of nitrogens with zero attached hydrogens (tertiary/aromatic N) is 2. The first-order valence-corrected chi connectivity index (χ1v) is 5.78. The zero-order chi connectivity index (χ0) is 15.6. The van der Waals surface area contributed by atoms with Crippen LogP contribution in [0.25, 0.3) is 0 Å². The Balaban J connectivity index is 2.27. The molecule has 0 radical (unpaired) electrons. The SMILES string of the molecule is Nc1nc(Cc2cccc(C(F)(F)F)c2)ncc1C(=O)O. The molecule has 1 aromatic carbocycles. The Morgan fingerprint density at radius 1 is 1.33 bits per heavy atom. The molecule has 0 saturated carbocycles. The van der Waals surface area contributed by atoms with Crippen molar-refractivity contribution in [1.29, 1.82) is 0 Å². The van der Waals surface area contributed by atoms with Gasteiger partial charge >= 0.3 is 12.1 Å². The molecule has 0 fully saturated rings. The van der Waals surface area contributed by atoms with Crippen LogP contribution in [0.5, 0.6) is 0 Å². The van der Waals surface area contributed by atoms with Crippen LogP contribution in [0.2, 0.25) is 0 Å². The summed E-state index contributed by atoms with van der Waals surface area (Å²) in [4.78, 5) is 18.3. The van der Waals surface area contributed by atoms with Gasteiger partial charge < -0.3 is 10.8 Å². The molecule has 2 aromatic rings. The number of alkyl halides is 3. The lowest BCUT2D eigenvalue weighted by Gasteiger charge is -2.08. The summed E-state index contributed by atoms with van der Waals surface area (Å²) in [5.41, 5.74) is 4.80. The topological polar surface area (TPSA) is 89.1 Å². The van der Waals surface area contributed by atoms with Gasteiger partial charge in [-0.05, 0) is 11.6 Å². The van der Waals surface area contributed by atoms with Crippen molar-refractivity contribution >= 4 is 11.8 Å². The fourth-order valence-electron chi connectivity index (χ4n) is 1.72. The summed E-state index contributed by atoms with van der Waals surface area (Å²) in [6.07, 6.45) is -3.37. The van der Waals surface area contributed by atoms with Gasteiger partial charge in [0.25, 0.3) is 0 Å². The van der Waals surface area contributed by atoms with E-state index in [0.29, 0.717) is 5.56 Å². The van der Waals surface area contributed by atoms with Gasteiger partial charge in [-0.2, -0.15) is 13.2 Å². The van der Waals surface area contributed by atoms with Gasteiger partial charge in [0.1, 0.15) is 17.2 Å². The Hall–Kier alpha value is -2.64. The summed E-state index contributed by atoms with van der Waals surface area (Å²) >= 11 is 0. The Bertz CT molecular complexity index is 687. The zero-order valence-electron chi connectivity index (χ0n) is 10.6. The van der Waals surface area contributed by atoms with E-state index in [1.165, 1.54) is 12.1 Å². The van der Waals surface area contributed by atoms with E-state index in [1.807, 2.05) is 0 Å². The van der Waals surface area contributed by atoms with Crippen molar-refractivity contribution in [2.24, 2.45) is 0 Å². The van der Waals surface area contributed by atoms with E-state index in [4.69, 9.17) is 10.8 Å². The minimum atomic E-state index is -4.43. The molecule has 0 unspecified atom stereocenters. The first-order valence-electron chi connectivity index (χ1n) is 5.78. The normalized spacial score (nSPS) is 11.4. The number of nitrogens with two attached hydrogens (primary N) is 1. The quantitative estimate of drug-likeness (QED) is 0.907.